The number of hydrogen-bond donors (Lipinski definition) is 3. The van der Waals surface area contributed by atoms with Crippen molar-refractivity contribution in [2.75, 3.05) is 18.4 Å². The van der Waals surface area contributed by atoms with Gasteiger partial charge in [0.2, 0.25) is 0 Å². The highest BCUT2D eigenvalue weighted by molar-refractivity contribution is 6.30. The Morgan fingerprint density at radius 1 is 1.16 bits per heavy atom. The van der Waals surface area contributed by atoms with Crippen LogP contribution in [0.4, 0.5) is 15.8 Å². The Morgan fingerprint density at radius 3 is 2.76 bits per heavy atom. The van der Waals surface area contributed by atoms with Gasteiger partial charge >= 0.3 is 0 Å². The average Bonchev–Trinajstić information content (AvgIpc) is 2.62. The molecule has 1 fully saturated rings. The lowest BCUT2D eigenvalue weighted by Crippen LogP contribution is -2.58. The van der Waals surface area contributed by atoms with Crippen molar-refractivity contribution in [3.8, 4) is 0 Å². The summed E-state index contributed by atoms with van der Waals surface area (Å²) >= 11 is 5.84. The molecule has 130 valence electrons. The average molecular weight is 359 g/mol. The molecule has 3 N–H and O–H groups in total. The predicted octanol–water partition coefficient (Wildman–Crippen LogP) is 3.85. The van der Waals surface area contributed by atoms with Gasteiger partial charge in [-0.1, -0.05) is 29.8 Å². The van der Waals surface area contributed by atoms with Crippen molar-refractivity contribution < 1.29 is 4.39 Å². The Hall–Kier alpha value is -2.11. The summed E-state index contributed by atoms with van der Waals surface area (Å²) in [5, 5.41) is 10.8. The van der Waals surface area contributed by atoms with E-state index in [0.29, 0.717) is 17.1 Å². The largest absolute Gasteiger partial charge is 0.371 e. The molecule has 4 rings (SSSR count). The maximum Gasteiger partial charge on any atom is 0.129 e. The Morgan fingerprint density at radius 2 is 1.96 bits per heavy atom. The maximum absolute atomic E-state index is 14.1. The monoisotopic (exact) mass is 358 g/mol. The van der Waals surface area contributed by atoms with Gasteiger partial charge in [-0.2, -0.15) is 0 Å². The van der Waals surface area contributed by atoms with E-state index in [4.69, 9.17) is 16.6 Å². The molecule has 0 bridgehead atoms. The maximum atomic E-state index is 14.1. The fraction of sp³-hybridized carbons (Fsp3) is 0.316. The third-order valence-electron chi connectivity index (χ3n) is 4.88. The van der Waals surface area contributed by atoms with Gasteiger partial charge in [0.05, 0.1) is 16.9 Å². The molecular formula is C19H20ClFN4. The van der Waals surface area contributed by atoms with Crippen LogP contribution in [0.2, 0.25) is 5.02 Å². The zero-order valence-corrected chi connectivity index (χ0v) is 14.5. The van der Waals surface area contributed by atoms with Gasteiger partial charge in [-0.05, 0) is 50.2 Å². The molecule has 1 spiro atoms. The summed E-state index contributed by atoms with van der Waals surface area (Å²) in [7, 11) is 0. The summed E-state index contributed by atoms with van der Waals surface area (Å²) in [5.74, 6) is 0.575. The number of nitrogens with one attached hydrogen (secondary N) is 3. The third-order valence-corrected chi connectivity index (χ3v) is 5.12. The number of halogens is 2. The Kier molecular flexibility index (Phi) is 4.36. The molecule has 1 saturated heterocycles. The van der Waals surface area contributed by atoms with Crippen molar-refractivity contribution in [3.63, 3.8) is 0 Å². The van der Waals surface area contributed by atoms with Crippen LogP contribution in [0.1, 0.15) is 18.4 Å². The molecule has 0 amide bonds. The number of amidine groups is 1. The van der Waals surface area contributed by atoms with E-state index in [1.54, 1.807) is 12.1 Å². The highest BCUT2D eigenvalue weighted by Gasteiger charge is 2.40. The second kappa shape index (κ2) is 6.65. The number of anilines is 1. The van der Waals surface area contributed by atoms with Crippen LogP contribution in [0, 0.1) is 5.82 Å². The number of piperidine rings is 1. The standard InChI is InChI=1S/C19H20ClFN4/c20-14-6-5-13(15(21)11-14)12-23-18-19(7-9-22-10-8-19)25-17-4-2-1-3-16(17)24-18/h1-6,11,22,25H,7-10,12H2,(H,23,24). The highest BCUT2D eigenvalue weighted by atomic mass is 35.5. The SMILES string of the molecule is Fc1cc(Cl)ccc1CNC1=Nc2ccccc2NC12CCNCC2. The Bertz CT molecular complexity index is 815. The van der Waals surface area contributed by atoms with Crippen LogP contribution in [0.25, 0.3) is 0 Å². The van der Waals surface area contributed by atoms with Crippen molar-refractivity contribution in [1.29, 1.82) is 0 Å². The van der Waals surface area contributed by atoms with Gasteiger partial charge in [-0.15, -0.1) is 0 Å². The first-order chi connectivity index (χ1) is 12.2. The smallest absolute Gasteiger partial charge is 0.129 e. The number of rotatable bonds is 2. The molecule has 4 nitrogen and oxygen atoms in total. The van der Waals surface area contributed by atoms with Gasteiger partial charge in [0.15, 0.2) is 0 Å². The Balaban J connectivity index is 1.63. The van der Waals surface area contributed by atoms with Gasteiger partial charge in [0, 0.05) is 17.1 Å². The van der Waals surface area contributed by atoms with E-state index in [1.165, 1.54) is 6.07 Å². The number of aliphatic imine (C=N–C) groups is 1. The number of benzene rings is 2. The second-order valence-corrected chi connectivity index (χ2v) is 6.96. The van der Waals surface area contributed by atoms with Gasteiger partial charge in [-0.3, -0.25) is 0 Å². The first-order valence-electron chi connectivity index (χ1n) is 8.51. The van der Waals surface area contributed by atoms with Crippen LogP contribution in [0.5, 0.6) is 0 Å². The van der Waals surface area contributed by atoms with E-state index in [2.05, 4.69) is 22.0 Å². The summed E-state index contributed by atoms with van der Waals surface area (Å²) in [6.07, 6.45) is 1.85. The minimum Gasteiger partial charge on any atom is -0.371 e. The van der Waals surface area contributed by atoms with E-state index in [0.717, 1.165) is 43.1 Å². The number of fused-ring (bicyclic) bond motifs is 1. The molecule has 0 radical (unpaired) electrons. The molecule has 2 aliphatic rings. The molecule has 0 atom stereocenters. The van der Waals surface area contributed by atoms with E-state index >= 15 is 0 Å². The zero-order chi connectivity index (χ0) is 17.3. The predicted molar refractivity (Wildman–Crippen MR) is 100 cm³/mol. The molecule has 0 unspecified atom stereocenters. The van der Waals surface area contributed by atoms with Crippen molar-refractivity contribution in [1.82, 2.24) is 10.6 Å². The summed E-state index contributed by atoms with van der Waals surface area (Å²) < 4.78 is 14.1. The van der Waals surface area contributed by atoms with E-state index < -0.39 is 0 Å². The number of hydrogen-bond acceptors (Lipinski definition) is 4. The summed E-state index contributed by atoms with van der Waals surface area (Å²) in [6, 6.07) is 12.8. The molecule has 0 aromatic heterocycles. The molecule has 0 saturated carbocycles. The minimum absolute atomic E-state index is 0.234. The number of nitrogens with zero attached hydrogens (tertiary/aromatic N) is 1. The minimum atomic E-state index is -0.302. The van der Waals surface area contributed by atoms with E-state index in [9.17, 15) is 4.39 Å². The molecule has 0 aliphatic carbocycles. The molecule has 25 heavy (non-hydrogen) atoms. The van der Waals surface area contributed by atoms with Crippen molar-refractivity contribution in [2.45, 2.75) is 24.9 Å². The lowest BCUT2D eigenvalue weighted by molar-refractivity contribution is 0.412. The molecule has 6 heteroatoms. The summed E-state index contributed by atoms with van der Waals surface area (Å²) in [5.41, 5.74) is 2.30. The third kappa shape index (κ3) is 3.22. The van der Waals surface area contributed by atoms with Crippen LogP contribution < -0.4 is 16.0 Å². The molecular weight excluding hydrogens is 339 g/mol. The topological polar surface area (TPSA) is 48.5 Å². The van der Waals surface area contributed by atoms with Gasteiger partial charge < -0.3 is 16.0 Å². The van der Waals surface area contributed by atoms with Gasteiger partial charge in [-0.25, -0.2) is 9.38 Å². The lowest BCUT2D eigenvalue weighted by atomic mass is 9.85. The first-order valence-corrected chi connectivity index (χ1v) is 8.89. The highest BCUT2D eigenvalue weighted by Crippen LogP contribution is 2.36. The molecule has 2 aromatic rings. The van der Waals surface area contributed by atoms with E-state index in [-0.39, 0.29) is 11.4 Å². The fourth-order valence-electron chi connectivity index (χ4n) is 3.49. The molecule has 2 heterocycles. The van der Waals surface area contributed by atoms with Crippen molar-refractivity contribution >= 4 is 28.8 Å². The summed E-state index contributed by atoms with van der Waals surface area (Å²) in [4.78, 5) is 4.85. The number of para-hydroxylation sites is 2. The van der Waals surface area contributed by atoms with Gasteiger partial charge in [0.25, 0.3) is 0 Å². The van der Waals surface area contributed by atoms with Crippen molar-refractivity contribution in [3.05, 3.63) is 58.9 Å². The van der Waals surface area contributed by atoms with Crippen molar-refractivity contribution in [2.24, 2.45) is 4.99 Å². The first kappa shape index (κ1) is 16.4. The summed E-state index contributed by atoms with van der Waals surface area (Å²) in [6.45, 7) is 2.22. The van der Waals surface area contributed by atoms with Crippen LogP contribution in [-0.2, 0) is 6.54 Å². The van der Waals surface area contributed by atoms with Crippen LogP contribution >= 0.6 is 11.6 Å². The fourth-order valence-corrected chi connectivity index (χ4v) is 3.65. The Labute approximate surface area is 151 Å². The van der Waals surface area contributed by atoms with Gasteiger partial charge in [0.1, 0.15) is 11.7 Å². The van der Waals surface area contributed by atoms with E-state index in [1.807, 2.05) is 18.2 Å². The van der Waals surface area contributed by atoms with Crippen LogP contribution in [-0.4, -0.2) is 24.5 Å². The lowest BCUT2D eigenvalue weighted by Gasteiger charge is -2.43. The van der Waals surface area contributed by atoms with Crippen LogP contribution in [0.3, 0.4) is 0 Å². The second-order valence-electron chi connectivity index (χ2n) is 6.52. The quantitative estimate of drug-likeness (QED) is 0.764. The molecule has 2 aliphatic heterocycles. The van der Waals surface area contributed by atoms with Crippen LogP contribution in [0.15, 0.2) is 47.5 Å². The molecule has 2 aromatic carbocycles. The normalized spacial score (nSPS) is 18.2. The zero-order valence-electron chi connectivity index (χ0n) is 13.8.